The van der Waals surface area contributed by atoms with Gasteiger partial charge in [-0.1, -0.05) is 24.3 Å². The molecular formula is C17H19NO5S. The average Bonchev–Trinajstić information content (AvgIpc) is 2.59. The second-order valence-corrected chi connectivity index (χ2v) is 7.15. The molecule has 0 spiro atoms. The predicted molar refractivity (Wildman–Crippen MR) is 91.0 cm³/mol. The number of nitrogens with zero attached hydrogens (tertiary/aromatic N) is 1. The minimum absolute atomic E-state index is 0.0692. The summed E-state index contributed by atoms with van der Waals surface area (Å²) in [6.07, 6.45) is 0.689. The number of aromatic carboxylic acids is 1. The van der Waals surface area contributed by atoms with E-state index in [0.29, 0.717) is 13.0 Å². The Morgan fingerprint density at radius 3 is 2.33 bits per heavy atom. The van der Waals surface area contributed by atoms with Crippen LogP contribution in [0.2, 0.25) is 0 Å². The van der Waals surface area contributed by atoms with E-state index in [9.17, 15) is 18.3 Å². The summed E-state index contributed by atoms with van der Waals surface area (Å²) in [7, 11) is -0.899. The number of carboxylic acid groups (broad SMARTS) is 1. The van der Waals surface area contributed by atoms with E-state index in [1.807, 2.05) is 0 Å². The topological polar surface area (TPSA) is 83.9 Å². The van der Waals surface area contributed by atoms with Crippen LogP contribution in [-0.4, -0.2) is 40.3 Å². The van der Waals surface area contributed by atoms with Crippen molar-refractivity contribution in [1.82, 2.24) is 0 Å². The summed E-state index contributed by atoms with van der Waals surface area (Å²) >= 11 is 0. The molecule has 0 aliphatic carbocycles. The predicted octanol–water partition coefficient (Wildman–Crippen LogP) is 2.40. The highest BCUT2D eigenvalue weighted by atomic mass is 32.2. The normalized spacial score (nSPS) is 11.2. The number of anilines is 1. The molecule has 0 aliphatic heterocycles. The fourth-order valence-electron chi connectivity index (χ4n) is 2.26. The van der Waals surface area contributed by atoms with Gasteiger partial charge in [-0.2, -0.15) is 0 Å². The van der Waals surface area contributed by atoms with E-state index in [2.05, 4.69) is 0 Å². The molecule has 0 aliphatic rings. The number of carbonyl (C=O) groups is 1. The Morgan fingerprint density at radius 1 is 1.12 bits per heavy atom. The van der Waals surface area contributed by atoms with Crippen LogP contribution in [0.25, 0.3) is 0 Å². The largest absolute Gasteiger partial charge is 0.478 e. The fraction of sp³-hybridized carbons (Fsp3) is 0.235. The third kappa shape index (κ3) is 3.74. The summed E-state index contributed by atoms with van der Waals surface area (Å²) in [5.74, 6) is -1.18. The molecule has 0 bridgehead atoms. The number of methoxy groups -OCH3 is 1. The third-order valence-corrected chi connectivity index (χ3v) is 5.44. The van der Waals surface area contributed by atoms with E-state index < -0.39 is 16.0 Å². The molecule has 0 unspecified atom stereocenters. The molecule has 2 aromatic carbocycles. The Labute approximate surface area is 141 Å². The van der Waals surface area contributed by atoms with Crippen molar-refractivity contribution < 1.29 is 23.1 Å². The van der Waals surface area contributed by atoms with Crippen LogP contribution in [0.1, 0.15) is 15.9 Å². The van der Waals surface area contributed by atoms with Crippen molar-refractivity contribution in [3.8, 4) is 0 Å². The number of ether oxygens (including phenoxy) is 1. The quantitative estimate of drug-likeness (QED) is 0.830. The number of sulfonamides is 1. The van der Waals surface area contributed by atoms with Gasteiger partial charge in [-0.05, 0) is 36.2 Å². The Hall–Kier alpha value is -2.38. The summed E-state index contributed by atoms with van der Waals surface area (Å²) in [6.45, 7) is 0.554. The van der Waals surface area contributed by atoms with Gasteiger partial charge in [0.25, 0.3) is 10.0 Å². The molecule has 0 atom stereocenters. The lowest BCUT2D eigenvalue weighted by Crippen LogP contribution is -2.28. The summed E-state index contributed by atoms with van der Waals surface area (Å²) in [5.41, 5.74) is 1.01. The molecular weight excluding hydrogens is 330 g/mol. The highest BCUT2D eigenvalue weighted by Gasteiger charge is 2.24. The molecule has 0 aromatic heterocycles. The fourth-order valence-corrected chi connectivity index (χ4v) is 3.48. The molecule has 0 fully saturated rings. The maximum atomic E-state index is 12.7. The first-order chi connectivity index (χ1) is 11.4. The second kappa shape index (κ2) is 7.46. The van der Waals surface area contributed by atoms with Crippen LogP contribution < -0.4 is 4.31 Å². The molecule has 0 saturated carbocycles. The van der Waals surface area contributed by atoms with Gasteiger partial charge in [-0.15, -0.1) is 0 Å². The summed E-state index contributed by atoms with van der Waals surface area (Å²) in [5, 5.41) is 9.24. The standard InChI is InChI=1S/C17H19NO5S/c1-18(16-6-4-3-5-15(16)17(19)20)24(21,22)14-9-7-13(8-10-14)11-12-23-2/h3-10H,11-12H2,1-2H3,(H,19,20). The van der Waals surface area contributed by atoms with Crippen LogP contribution in [0.5, 0.6) is 0 Å². The smallest absolute Gasteiger partial charge is 0.337 e. The Morgan fingerprint density at radius 2 is 1.75 bits per heavy atom. The zero-order valence-electron chi connectivity index (χ0n) is 13.5. The maximum absolute atomic E-state index is 12.7. The van der Waals surface area contributed by atoms with Crippen molar-refractivity contribution in [1.29, 1.82) is 0 Å². The number of benzene rings is 2. The van der Waals surface area contributed by atoms with Gasteiger partial charge in [0.05, 0.1) is 22.8 Å². The van der Waals surface area contributed by atoms with Crippen LogP contribution in [0.4, 0.5) is 5.69 Å². The van der Waals surface area contributed by atoms with Gasteiger partial charge < -0.3 is 9.84 Å². The zero-order chi connectivity index (χ0) is 17.7. The number of rotatable bonds is 7. The summed E-state index contributed by atoms with van der Waals surface area (Å²) in [6, 6.07) is 12.5. The van der Waals surface area contributed by atoms with Gasteiger partial charge in [-0.25, -0.2) is 13.2 Å². The SMILES string of the molecule is COCCc1ccc(S(=O)(=O)N(C)c2ccccc2C(=O)O)cc1. The molecule has 7 heteroatoms. The van der Waals surface area contributed by atoms with Crippen molar-refractivity contribution in [2.24, 2.45) is 0 Å². The minimum atomic E-state index is -3.85. The summed E-state index contributed by atoms with van der Waals surface area (Å²) in [4.78, 5) is 11.4. The highest BCUT2D eigenvalue weighted by molar-refractivity contribution is 7.92. The van der Waals surface area contributed by atoms with Gasteiger partial charge in [0.15, 0.2) is 0 Å². The monoisotopic (exact) mass is 349 g/mol. The molecule has 1 N–H and O–H groups in total. The van der Waals surface area contributed by atoms with E-state index in [1.54, 1.807) is 31.4 Å². The first kappa shape index (κ1) is 18.0. The van der Waals surface area contributed by atoms with Crippen LogP contribution in [-0.2, 0) is 21.2 Å². The lowest BCUT2D eigenvalue weighted by atomic mass is 10.2. The van der Waals surface area contributed by atoms with E-state index in [4.69, 9.17) is 4.74 Å². The van der Waals surface area contributed by atoms with Crippen LogP contribution in [0.3, 0.4) is 0 Å². The maximum Gasteiger partial charge on any atom is 0.337 e. The third-order valence-electron chi connectivity index (χ3n) is 3.65. The number of hydrogen-bond donors (Lipinski definition) is 1. The van der Waals surface area contributed by atoms with Crippen LogP contribution in [0, 0.1) is 0 Å². The van der Waals surface area contributed by atoms with Crippen LogP contribution >= 0.6 is 0 Å². The average molecular weight is 349 g/mol. The first-order valence-corrected chi connectivity index (χ1v) is 8.71. The van der Waals surface area contributed by atoms with Crippen molar-refractivity contribution in [3.05, 3.63) is 59.7 Å². The van der Waals surface area contributed by atoms with Crippen molar-refractivity contribution in [2.75, 3.05) is 25.1 Å². The Kier molecular flexibility index (Phi) is 5.58. The molecule has 2 rings (SSSR count). The van der Waals surface area contributed by atoms with E-state index in [0.717, 1.165) is 9.87 Å². The molecule has 24 heavy (non-hydrogen) atoms. The van der Waals surface area contributed by atoms with Gasteiger partial charge in [0.2, 0.25) is 0 Å². The van der Waals surface area contributed by atoms with Gasteiger partial charge in [0.1, 0.15) is 0 Å². The molecule has 128 valence electrons. The molecule has 0 heterocycles. The zero-order valence-corrected chi connectivity index (χ0v) is 14.3. The first-order valence-electron chi connectivity index (χ1n) is 7.27. The van der Waals surface area contributed by atoms with Gasteiger partial charge in [0, 0.05) is 14.2 Å². The molecule has 2 aromatic rings. The number of carboxylic acids is 1. The van der Waals surface area contributed by atoms with Gasteiger partial charge in [-0.3, -0.25) is 4.31 Å². The minimum Gasteiger partial charge on any atom is -0.478 e. The molecule has 0 radical (unpaired) electrons. The summed E-state index contributed by atoms with van der Waals surface area (Å²) < 4.78 is 31.5. The van der Waals surface area contributed by atoms with Gasteiger partial charge >= 0.3 is 5.97 Å². The Balaban J connectivity index is 2.35. The van der Waals surface area contributed by atoms with E-state index in [-0.39, 0.29) is 16.1 Å². The van der Waals surface area contributed by atoms with E-state index >= 15 is 0 Å². The lowest BCUT2D eigenvalue weighted by Gasteiger charge is -2.21. The molecule has 0 amide bonds. The Bertz CT molecular complexity index is 815. The number of para-hydroxylation sites is 1. The second-order valence-electron chi connectivity index (χ2n) is 5.18. The molecule has 6 nitrogen and oxygen atoms in total. The molecule has 0 saturated heterocycles. The van der Waals surface area contributed by atoms with Crippen molar-refractivity contribution >= 4 is 21.7 Å². The van der Waals surface area contributed by atoms with E-state index in [1.165, 1.54) is 31.3 Å². The van der Waals surface area contributed by atoms with Crippen LogP contribution in [0.15, 0.2) is 53.4 Å². The number of hydrogen-bond acceptors (Lipinski definition) is 4. The van der Waals surface area contributed by atoms with Crippen molar-refractivity contribution in [3.63, 3.8) is 0 Å². The lowest BCUT2D eigenvalue weighted by molar-refractivity contribution is 0.0698. The van der Waals surface area contributed by atoms with Crippen molar-refractivity contribution in [2.45, 2.75) is 11.3 Å². The highest BCUT2D eigenvalue weighted by Crippen LogP contribution is 2.25.